The topological polar surface area (TPSA) is 41.1 Å². The van der Waals surface area contributed by atoms with Crippen LogP contribution in [0.5, 0.6) is 0 Å². The fourth-order valence-corrected chi connectivity index (χ4v) is 3.15. The van der Waals surface area contributed by atoms with E-state index in [-0.39, 0.29) is 5.91 Å². The number of carbonyl (C=O) groups excluding carboxylic acids is 1. The van der Waals surface area contributed by atoms with E-state index in [0.29, 0.717) is 18.9 Å². The zero-order valence-electron chi connectivity index (χ0n) is 10.3. The van der Waals surface area contributed by atoms with E-state index in [2.05, 4.69) is 29.0 Å². The Balaban J connectivity index is 1.75. The van der Waals surface area contributed by atoms with Gasteiger partial charge in [0.05, 0.1) is 6.54 Å². The third-order valence-electron chi connectivity index (χ3n) is 3.30. The van der Waals surface area contributed by atoms with Gasteiger partial charge in [0.1, 0.15) is 0 Å². The Kier molecular flexibility index (Phi) is 4.57. The molecule has 0 aliphatic carbocycles. The highest BCUT2D eigenvalue weighted by atomic mass is 32.1. The van der Waals surface area contributed by atoms with Gasteiger partial charge in [-0.15, -0.1) is 11.3 Å². The van der Waals surface area contributed by atoms with Crippen molar-refractivity contribution in [2.75, 3.05) is 13.1 Å². The van der Waals surface area contributed by atoms with Crippen LogP contribution in [0.4, 0.5) is 0 Å². The Labute approximate surface area is 107 Å². The van der Waals surface area contributed by atoms with Crippen LogP contribution in [0, 0.1) is 5.92 Å². The molecule has 0 radical (unpaired) electrons. The van der Waals surface area contributed by atoms with Crippen LogP contribution in [0.1, 0.15) is 30.2 Å². The van der Waals surface area contributed by atoms with E-state index in [1.807, 2.05) is 0 Å². The maximum absolute atomic E-state index is 11.8. The van der Waals surface area contributed by atoms with Crippen molar-refractivity contribution in [1.29, 1.82) is 0 Å². The summed E-state index contributed by atoms with van der Waals surface area (Å²) in [4.78, 5) is 13.1. The molecular formula is C13H20N2OS. The van der Waals surface area contributed by atoms with Crippen LogP contribution >= 0.6 is 11.3 Å². The molecule has 1 aromatic rings. The van der Waals surface area contributed by atoms with Crippen molar-refractivity contribution in [1.82, 2.24) is 10.6 Å². The van der Waals surface area contributed by atoms with Gasteiger partial charge in [-0.25, -0.2) is 0 Å². The lowest BCUT2D eigenvalue weighted by atomic mass is 10.0. The summed E-state index contributed by atoms with van der Waals surface area (Å²) in [6.45, 7) is 4.90. The minimum Gasteiger partial charge on any atom is -0.351 e. The Bertz CT molecular complexity index is 369. The maximum Gasteiger partial charge on any atom is 0.220 e. The number of carbonyl (C=O) groups is 1. The summed E-state index contributed by atoms with van der Waals surface area (Å²) < 4.78 is 0. The fourth-order valence-electron chi connectivity index (χ4n) is 2.24. The molecule has 1 aliphatic rings. The normalized spacial score (nSPS) is 19.5. The van der Waals surface area contributed by atoms with E-state index >= 15 is 0 Å². The van der Waals surface area contributed by atoms with Gasteiger partial charge < -0.3 is 10.6 Å². The van der Waals surface area contributed by atoms with Crippen molar-refractivity contribution in [2.24, 2.45) is 5.92 Å². The number of rotatable bonds is 5. The molecular weight excluding hydrogens is 232 g/mol. The summed E-state index contributed by atoms with van der Waals surface area (Å²) in [5.74, 6) is 0.720. The first-order valence-corrected chi connectivity index (χ1v) is 7.20. The molecule has 1 amide bonds. The second-order valence-electron chi connectivity index (χ2n) is 4.56. The summed E-state index contributed by atoms with van der Waals surface area (Å²) in [6, 6.07) is 2.15. The number of hydrogen-bond acceptors (Lipinski definition) is 3. The predicted molar refractivity (Wildman–Crippen MR) is 71.1 cm³/mol. The Hall–Kier alpha value is -0.870. The van der Waals surface area contributed by atoms with Crippen molar-refractivity contribution in [3.8, 4) is 0 Å². The molecule has 0 bridgehead atoms. The Morgan fingerprint density at radius 1 is 1.65 bits per heavy atom. The maximum atomic E-state index is 11.8. The highest BCUT2D eigenvalue weighted by Crippen LogP contribution is 2.17. The summed E-state index contributed by atoms with van der Waals surface area (Å²) in [5.41, 5.74) is 1.36. The van der Waals surface area contributed by atoms with Gasteiger partial charge in [0.2, 0.25) is 5.91 Å². The molecule has 2 rings (SSSR count). The minimum atomic E-state index is 0.189. The third-order valence-corrected chi connectivity index (χ3v) is 4.26. The van der Waals surface area contributed by atoms with Gasteiger partial charge in [-0.3, -0.25) is 4.79 Å². The highest BCUT2D eigenvalue weighted by molar-refractivity contribution is 7.10. The molecule has 2 N–H and O–H groups in total. The summed E-state index contributed by atoms with van der Waals surface area (Å²) >= 11 is 1.73. The van der Waals surface area contributed by atoms with Crippen LogP contribution in [0.3, 0.4) is 0 Å². The van der Waals surface area contributed by atoms with Crippen molar-refractivity contribution < 1.29 is 4.79 Å². The van der Waals surface area contributed by atoms with Crippen LogP contribution in [0.15, 0.2) is 11.4 Å². The van der Waals surface area contributed by atoms with Crippen LogP contribution in [-0.4, -0.2) is 19.0 Å². The quantitative estimate of drug-likeness (QED) is 0.840. The van der Waals surface area contributed by atoms with Crippen molar-refractivity contribution in [2.45, 2.75) is 32.7 Å². The van der Waals surface area contributed by atoms with Gasteiger partial charge in [0, 0.05) is 11.3 Å². The van der Waals surface area contributed by atoms with E-state index in [1.165, 1.54) is 10.4 Å². The monoisotopic (exact) mass is 252 g/mol. The van der Waals surface area contributed by atoms with Crippen molar-refractivity contribution >= 4 is 17.2 Å². The lowest BCUT2D eigenvalue weighted by molar-refractivity contribution is -0.122. The van der Waals surface area contributed by atoms with Crippen LogP contribution in [0.25, 0.3) is 0 Å². The van der Waals surface area contributed by atoms with Crippen LogP contribution in [0.2, 0.25) is 0 Å². The molecule has 94 valence electrons. The fraction of sp³-hybridized carbons (Fsp3) is 0.615. The molecule has 1 saturated heterocycles. The molecule has 1 fully saturated rings. The number of nitrogens with one attached hydrogen (secondary N) is 2. The zero-order chi connectivity index (χ0) is 12.1. The largest absolute Gasteiger partial charge is 0.351 e. The second-order valence-corrected chi connectivity index (χ2v) is 5.56. The number of thiophene rings is 1. The van der Waals surface area contributed by atoms with Gasteiger partial charge in [0.25, 0.3) is 0 Å². The Morgan fingerprint density at radius 3 is 3.24 bits per heavy atom. The average molecular weight is 252 g/mol. The molecule has 1 aromatic heterocycles. The standard InChI is InChI=1S/C13H20N2OS/c1-2-11-4-6-17-12(11)9-15-13(16)7-10-3-5-14-8-10/h4,6,10,14H,2-3,5,7-9H2,1H3,(H,15,16). The molecule has 3 nitrogen and oxygen atoms in total. The van der Waals surface area contributed by atoms with Gasteiger partial charge in [-0.1, -0.05) is 6.92 Å². The lowest BCUT2D eigenvalue weighted by Crippen LogP contribution is -2.25. The van der Waals surface area contributed by atoms with Crippen molar-refractivity contribution in [3.63, 3.8) is 0 Å². The predicted octanol–water partition coefficient (Wildman–Crippen LogP) is 1.93. The third kappa shape index (κ3) is 3.54. The molecule has 17 heavy (non-hydrogen) atoms. The first kappa shape index (κ1) is 12.6. The summed E-state index contributed by atoms with van der Waals surface area (Å²) in [5, 5.41) is 8.42. The van der Waals surface area contributed by atoms with E-state index in [0.717, 1.165) is 25.9 Å². The SMILES string of the molecule is CCc1ccsc1CNC(=O)CC1CCNC1. The molecule has 4 heteroatoms. The van der Waals surface area contributed by atoms with Gasteiger partial charge in [0.15, 0.2) is 0 Å². The minimum absolute atomic E-state index is 0.189. The lowest BCUT2D eigenvalue weighted by Gasteiger charge is -2.09. The van der Waals surface area contributed by atoms with Crippen LogP contribution in [-0.2, 0) is 17.8 Å². The van der Waals surface area contributed by atoms with E-state index in [9.17, 15) is 4.79 Å². The molecule has 1 aliphatic heterocycles. The molecule has 0 saturated carbocycles. The Morgan fingerprint density at radius 2 is 2.53 bits per heavy atom. The smallest absolute Gasteiger partial charge is 0.220 e. The number of amides is 1. The van der Waals surface area contributed by atoms with E-state index in [1.54, 1.807) is 11.3 Å². The van der Waals surface area contributed by atoms with E-state index in [4.69, 9.17) is 0 Å². The zero-order valence-corrected chi connectivity index (χ0v) is 11.1. The molecule has 0 aromatic carbocycles. The van der Waals surface area contributed by atoms with Gasteiger partial charge >= 0.3 is 0 Å². The summed E-state index contributed by atoms with van der Waals surface area (Å²) in [6.07, 6.45) is 2.84. The second kappa shape index (κ2) is 6.17. The number of hydrogen-bond donors (Lipinski definition) is 2. The molecule has 1 unspecified atom stereocenters. The van der Waals surface area contributed by atoms with Gasteiger partial charge in [-0.05, 0) is 48.9 Å². The average Bonchev–Trinajstić information content (AvgIpc) is 2.96. The molecule has 2 heterocycles. The first-order valence-electron chi connectivity index (χ1n) is 6.32. The molecule has 1 atom stereocenters. The number of aryl methyl sites for hydroxylation is 1. The van der Waals surface area contributed by atoms with E-state index < -0.39 is 0 Å². The summed E-state index contributed by atoms with van der Waals surface area (Å²) in [7, 11) is 0. The van der Waals surface area contributed by atoms with Crippen molar-refractivity contribution in [3.05, 3.63) is 21.9 Å². The van der Waals surface area contributed by atoms with Gasteiger partial charge in [-0.2, -0.15) is 0 Å². The molecule has 0 spiro atoms. The highest BCUT2D eigenvalue weighted by Gasteiger charge is 2.17. The first-order chi connectivity index (χ1) is 8.29. The van der Waals surface area contributed by atoms with Crippen LogP contribution < -0.4 is 10.6 Å².